The second kappa shape index (κ2) is 5.35. The van der Waals surface area contributed by atoms with E-state index in [0.717, 1.165) is 12.0 Å². The Labute approximate surface area is 124 Å². The number of halogens is 2. The highest BCUT2D eigenvalue weighted by atomic mass is 79.9. The van der Waals surface area contributed by atoms with E-state index in [9.17, 15) is 4.39 Å². The Morgan fingerprint density at radius 1 is 1.32 bits per heavy atom. The van der Waals surface area contributed by atoms with Crippen LogP contribution in [0.4, 0.5) is 4.39 Å². The van der Waals surface area contributed by atoms with Gasteiger partial charge in [-0.25, -0.2) is 4.39 Å². The zero-order valence-electron chi connectivity index (χ0n) is 10.5. The summed E-state index contributed by atoms with van der Waals surface area (Å²) >= 11 is 5.06. The zero-order chi connectivity index (χ0) is 13.4. The molecule has 0 aliphatic heterocycles. The van der Waals surface area contributed by atoms with Gasteiger partial charge in [0.15, 0.2) is 0 Å². The van der Waals surface area contributed by atoms with E-state index in [1.165, 1.54) is 40.6 Å². The molecule has 1 atom stereocenters. The highest BCUT2D eigenvalue weighted by Crippen LogP contribution is 2.34. The van der Waals surface area contributed by atoms with Gasteiger partial charge in [0.2, 0.25) is 0 Å². The highest BCUT2D eigenvalue weighted by Gasteiger charge is 2.18. The normalized spacial score (nSPS) is 15.5. The molecule has 1 aliphatic carbocycles. The molecule has 1 nitrogen and oxygen atoms in total. The van der Waals surface area contributed by atoms with Crippen molar-refractivity contribution >= 4 is 27.3 Å². The van der Waals surface area contributed by atoms with E-state index in [2.05, 4.69) is 22.0 Å². The average molecular weight is 340 g/mol. The van der Waals surface area contributed by atoms with Gasteiger partial charge < -0.3 is 5.73 Å². The average Bonchev–Trinajstić information content (AvgIpc) is 2.94. The van der Waals surface area contributed by atoms with Crippen molar-refractivity contribution in [3.8, 4) is 0 Å². The second-order valence-electron chi connectivity index (χ2n) is 5.01. The van der Waals surface area contributed by atoms with Crippen molar-refractivity contribution in [3.05, 3.63) is 55.4 Å². The maximum Gasteiger partial charge on any atom is 0.137 e. The monoisotopic (exact) mass is 339 g/mol. The molecule has 0 fully saturated rings. The van der Waals surface area contributed by atoms with Gasteiger partial charge in [0, 0.05) is 15.8 Å². The molecule has 1 aromatic heterocycles. The van der Waals surface area contributed by atoms with Crippen LogP contribution < -0.4 is 5.73 Å². The third-order valence-corrected chi connectivity index (χ3v) is 5.55. The third-order valence-electron chi connectivity index (χ3n) is 3.57. The Morgan fingerprint density at radius 2 is 2.16 bits per heavy atom. The second-order valence-corrected chi connectivity index (χ2v) is 7.03. The van der Waals surface area contributed by atoms with Gasteiger partial charge in [-0.1, -0.05) is 6.07 Å². The lowest BCUT2D eigenvalue weighted by Crippen LogP contribution is -2.12. The van der Waals surface area contributed by atoms with Crippen LogP contribution in [0.2, 0.25) is 0 Å². The maximum atomic E-state index is 13.2. The summed E-state index contributed by atoms with van der Waals surface area (Å²) in [6, 6.07) is 7.38. The Morgan fingerprint density at radius 3 is 2.89 bits per heavy atom. The molecule has 0 amide bonds. The van der Waals surface area contributed by atoms with E-state index < -0.39 is 0 Å². The van der Waals surface area contributed by atoms with Gasteiger partial charge in [-0.3, -0.25) is 0 Å². The van der Waals surface area contributed by atoms with E-state index in [1.54, 1.807) is 6.07 Å². The summed E-state index contributed by atoms with van der Waals surface area (Å²) in [6.07, 6.45) is 4.43. The largest absolute Gasteiger partial charge is 0.323 e. The van der Waals surface area contributed by atoms with Gasteiger partial charge in [-0.2, -0.15) is 0 Å². The summed E-state index contributed by atoms with van der Waals surface area (Å²) in [4.78, 5) is 2.76. The summed E-state index contributed by atoms with van der Waals surface area (Å²) in [5.74, 6) is -0.229. The molecule has 0 bridgehead atoms. The van der Waals surface area contributed by atoms with Crippen LogP contribution in [0.5, 0.6) is 0 Å². The summed E-state index contributed by atoms with van der Waals surface area (Å²) in [5, 5.41) is 0. The van der Waals surface area contributed by atoms with Crippen LogP contribution in [0.25, 0.3) is 0 Å². The zero-order valence-corrected chi connectivity index (χ0v) is 12.9. The van der Waals surface area contributed by atoms with Gasteiger partial charge in [-0.05, 0) is 70.9 Å². The van der Waals surface area contributed by atoms with Crippen molar-refractivity contribution < 1.29 is 4.39 Å². The first-order valence-electron chi connectivity index (χ1n) is 6.44. The number of aryl methyl sites for hydroxylation is 2. The van der Waals surface area contributed by atoms with Crippen molar-refractivity contribution in [1.29, 1.82) is 0 Å². The van der Waals surface area contributed by atoms with Crippen molar-refractivity contribution in [2.75, 3.05) is 0 Å². The number of rotatable bonds is 3. The smallest absolute Gasteiger partial charge is 0.137 e. The lowest BCUT2D eigenvalue weighted by Gasteiger charge is -2.10. The number of nitrogens with two attached hydrogens (primary N) is 1. The van der Waals surface area contributed by atoms with Gasteiger partial charge >= 0.3 is 0 Å². The van der Waals surface area contributed by atoms with Crippen molar-refractivity contribution in [3.63, 3.8) is 0 Å². The molecule has 2 N–H and O–H groups in total. The minimum atomic E-state index is -0.229. The van der Waals surface area contributed by atoms with E-state index in [1.807, 2.05) is 17.4 Å². The molecule has 3 rings (SSSR count). The first-order chi connectivity index (χ1) is 9.13. The molecular weight excluding hydrogens is 325 g/mol. The number of hydrogen-bond donors (Lipinski definition) is 1. The SMILES string of the molecule is NC(Cc1ccc(F)c(Br)c1)c1cc2c(s1)CCC2. The fourth-order valence-corrected chi connectivity index (χ4v) is 4.24. The first-order valence-corrected chi connectivity index (χ1v) is 8.05. The number of benzene rings is 1. The summed E-state index contributed by atoms with van der Waals surface area (Å²) in [7, 11) is 0. The minimum Gasteiger partial charge on any atom is -0.323 e. The molecule has 0 radical (unpaired) electrons. The molecule has 2 aromatic rings. The van der Waals surface area contributed by atoms with Crippen LogP contribution in [0.1, 0.15) is 33.3 Å². The van der Waals surface area contributed by atoms with Crippen molar-refractivity contribution in [1.82, 2.24) is 0 Å². The quantitative estimate of drug-likeness (QED) is 0.882. The number of fused-ring (bicyclic) bond motifs is 1. The molecule has 100 valence electrons. The standard InChI is InChI=1S/C15H15BrFNS/c16-11-6-9(4-5-12(11)17)7-13(18)15-8-10-2-1-3-14(10)19-15/h4-6,8,13H,1-3,7,18H2. The van der Waals surface area contributed by atoms with Crippen LogP contribution in [0.15, 0.2) is 28.7 Å². The molecule has 0 spiro atoms. The van der Waals surface area contributed by atoms with E-state index in [-0.39, 0.29) is 11.9 Å². The predicted octanol–water partition coefficient (Wildman–Crippen LogP) is 4.38. The van der Waals surface area contributed by atoms with Gasteiger partial charge in [-0.15, -0.1) is 11.3 Å². The van der Waals surface area contributed by atoms with Gasteiger partial charge in [0.05, 0.1) is 4.47 Å². The van der Waals surface area contributed by atoms with Gasteiger partial charge in [0.1, 0.15) is 5.82 Å². The van der Waals surface area contributed by atoms with Crippen LogP contribution in [0, 0.1) is 5.82 Å². The molecule has 19 heavy (non-hydrogen) atoms. The Balaban J connectivity index is 1.76. The number of hydrogen-bond acceptors (Lipinski definition) is 2. The van der Waals surface area contributed by atoms with E-state index in [4.69, 9.17) is 5.73 Å². The van der Waals surface area contributed by atoms with Crippen LogP contribution in [-0.4, -0.2) is 0 Å². The Hall–Kier alpha value is -0.710. The molecule has 1 unspecified atom stereocenters. The number of thiophene rings is 1. The highest BCUT2D eigenvalue weighted by molar-refractivity contribution is 9.10. The summed E-state index contributed by atoms with van der Waals surface area (Å²) < 4.78 is 13.7. The minimum absolute atomic E-state index is 0.00737. The maximum absolute atomic E-state index is 13.2. The molecular formula is C15H15BrFNS. The van der Waals surface area contributed by atoms with Crippen molar-refractivity contribution in [2.45, 2.75) is 31.7 Å². The fraction of sp³-hybridized carbons (Fsp3) is 0.333. The first kappa shape index (κ1) is 13.3. The molecule has 1 aromatic carbocycles. The molecule has 0 saturated heterocycles. The summed E-state index contributed by atoms with van der Waals surface area (Å²) in [5.41, 5.74) is 8.82. The predicted molar refractivity (Wildman–Crippen MR) is 81.1 cm³/mol. The van der Waals surface area contributed by atoms with E-state index >= 15 is 0 Å². The Kier molecular flexibility index (Phi) is 3.74. The molecule has 4 heteroatoms. The molecule has 0 saturated carbocycles. The van der Waals surface area contributed by atoms with Gasteiger partial charge in [0.25, 0.3) is 0 Å². The molecule has 1 heterocycles. The van der Waals surface area contributed by atoms with Crippen LogP contribution in [0.3, 0.4) is 0 Å². The molecule has 1 aliphatic rings. The van der Waals surface area contributed by atoms with E-state index in [0.29, 0.717) is 4.47 Å². The fourth-order valence-electron chi connectivity index (χ4n) is 2.56. The lowest BCUT2D eigenvalue weighted by molar-refractivity contribution is 0.619. The topological polar surface area (TPSA) is 26.0 Å². The summed E-state index contributed by atoms with van der Waals surface area (Å²) in [6.45, 7) is 0. The van der Waals surface area contributed by atoms with Crippen LogP contribution in [-0.2, 0) is 19.3 Å². The lowest BCUT2D eigenvalue weighted by atomic mass is 10.0. The van der Waals surface area contributed by atoms with Crippen molar-refractivity contribution in [2.24, 2.45) is 5.73 Å². The van der Waals surface area contributed by atoms with Crippen LogP contribution >= 0.6 is 27.3 Å². The third kappa shape index (κ3) is 2.76. The Bertz CT molecular complexity index is 587.